The molecule has 1 heterocycles. The van der Waals surface area contributed by atoms with Gasteiger partial charge in [0, 0.05) is 23.7 Å². The van der Waals surface area contributed by atoms with Crippen molar-refractivity contribution in [3.8, 4) is 11.3 Å². The molecule has 0 unspecified atom stereocenters. The first-order valence-corrected chi connectivity index (χ1v) is 6.61. The lowest BCUT2D eigenvalue weighted by Crippen LogP contribution is -2.12. The van der Waals surface area contributed by atoms with E-state index in [1.807, 2.05) is 44.2 Å². The second-order valence-corrected chi connectivity index (χ2v) is 4.57. The molecule has 0 aliphatic heterocycles. The Bertz CT molecular complexity index is 624. The number of nitrogens with zero attached hydrogens (tertiary/aromatic N) is 1. The lowest BCUT2D eigenvalue weighted by Gasteiger charge is -2.06. The first kappa shape index (κ1) is 14.1. The second kappa shape index (κ2) is 6.19. The summed E-state index contributed by atoms with van der Waals surface area (Å²) in [6, 6.07) is 7.50. The van der Waals surface area contributed by atoms with Crippen LogP contribution in [0, 0.1) is 6.92 Å². The van der Waals surface area contributed by atoms with Crippen molar-refractivity contribution in [2.75, 3.05) is 5.32 Å². The molecule has 1 amide bonds. The van der Waals surface area contributed by atoms with Gasteiger partial charge in [-0.15, -0.1) is 0 Å². The minimum absolute atomic E-state index is 0.0740. The van der Waals surface area contributed by atoms with Gasteiger partial charge in [-0.1, -0.05) is 13.0 Å². The minimum Gasteiger partial charge on any atom is -0.441 e. The summed E-state index contributed by atoms with van der Waals surface area (Å²) in [5.41, 5.74) is 2.42. The zero-order chi connectivity index (χ0) is 14.5. The van der Waals surface area contributed by atoms with Crippen molar-refractivity contribution in [3.63, 3.8) is 0 Å². The fourth-order valence-corrected chi connectivity index (χ4v) is 1.84. The molecule has 0 atom stereocenters. The number of carbonyl (C=O) groups excluding carboxylic acids is 1. The SMILES string of the molecule is CC/C=C(/C)C(=O)Nc1ccc(-c2cnc(C)o2)cc1. The second-order valence-electron chi connectivity index (χ2n) is 4.57. The Morgan fingerprint density at radius 2 is 2.05 bits per heavy atom. The first-order valence-electron chi connectivity index (χ1n) is 6.61. The summed E-state index contributed by atoms with van der Waals surface area (Å²) in [6.45, 7) is 5.62. The molecule has 4 nitrogen and oxygen atoms in total. The molecular formula is C16H18N2O2. The van der Waals surface area contributed by atoms with Crippen molar-refractivity contribution in [2.24, 2.45) is 0 Å². The van der Waals surface area contributed by atoms with Crippen molar-refractivity contribution < 1.29 is 9.21 Å². The van der Waals surface area contributed by atoms with Crippen LogP contribution >= 0.6 is 0 Å². The van der Waals surface area contributed by atoms with Crippen LogP contribution in [0.15, 0.2) is 46.5 Å². The van der Waals surface area contributed by atoms with Crippen LogP contribution in [0.3, 0.4) is 0 Å². The number of hydrogen-bond donors (Lipinski definition) is 1. The Morgan fingerprint density at radius 1 is 1.35 bits per heavy atom. The van der Waals surface area contributed by atoms with Crippen LogP contribution in [0.4, 0.5) is 5.69 Å². The summed E-state index contributed by atoms with van der Waals surface area (Å²) in [5.74, 6) is 1.29. The van der Waals surface area contributed by atoms with Gasteiger partial charge in [-0.2, -0.15) is 0 Å². The van der Waals surface area contributed by atoms with E-state index in [1.165, 1.54) is 0 Å². The predicted molar refractivity (Wildman–Crippen MR) is 79.4 cm³/mol. The van der Waals surface area contributed by atoms with Gasteiger partial charge in [-0.3, -0.25) is 4.79 Å². The highest BCUT2D eigenvalue weighted by Gasteiger charge is 2.06. The molecule has 0 aliphatic carbocycles. The summed E-state index contributed by atoms with van der Waals surface area (Å²) >= 11 is 0. The molecule has 2 rings (SSSR count). The van der Waals surface area contributed by atoms with E-state index < -0.39 is 0 Å². The smallest absolute Gasteiger partial charge is 0.250 e. The van der Waals surface area contributed by atoms with E-state index in [-0.39, 0.29) is 5.91 Å². The third-order valence-corrected chi connectivity index (χ3v) is 2.92. The van der Waals surface area contributed by atoms with Gasteiger partial charge in [-0.05, 0) is 37.6 Å². The van der Waals surface area contributed by atoms with Crippen LogP contribution in [-0.4, -0.2) is 10.9 Å². The molecule has 20 heavy (non-hydrogen) atoms. The van der Waals surface area contributed by atoms with Gasteiger partial charge in [0.25, 0.3) is 5.91 Å². The Hall–Kier alpha value is -2.36. The number of benzene rings is 1. The van der Waals surface area contributed by atoms with Crippen LogP contribution in [0.5, 0.6) is 0 Å². The van der Waals surface area contributed by atoms with Gasteiger partial charge in [0.1, 0.15) is 0 Å². The molecule has 2 aromatic rings. The Labute approximate surface area is 118 Å². The van der Waals surface area contributed by atoms with E-state index in [9.17, 15) is 4.79 Å². The molecule has 0 aliphatic rings. The standard InChI is InChI=1S/C16H18N2O2/c1-4-5-11(2)16(19)18-14-8-6-13(7-9-14)15-10-17-12(3)20-15/h5-10H,4H2,1-3H3,(H,18,19)/b11-5-. The maximum absolute atomic E-state index is 11.9. The molecule has 1 aromatic carbocycles. The molecular weight excluding hydrogens is 252 g/mol. The molecule has 0 saturated heterocycles. The topological polar surface area (TPSA) is 55.1 Å². The van der Waals surface area contributed by atoms with E-state index in [4.69, 9.17) is 4.42 Å². The zero-order valence-corrected chi connectivity index (χ0v) is 11.9. The molecule has 104 valence electrons. The van der Waals surface area contributed by atoms with E-state index in [1.54, 1.807) is 13.1 Å². The third kappa shape index (κ3) is 3.35. The fraction of sp³-hybridized carbons (Fsp3) is 0.250. The highest BCUT2D eigenvalue weighted by Crippen LogP contribution is 2.22. The average Bonchev–Trinajstić information content (AvgIpc) is 2.86. The molecule has 1 N–H and O–H groups in total. The Morgan fingerprint density at radius 3 is 2.60 bits per heavy atom. The largest absolute Gasteiger partial charge is 0.441 e. The van der Waals surface area contributed by atoms with E-state index in [0.29, 0.717) is 5.89 Å². The van der Waals surface area contributed by atoms with Crippen molar-refractivity contribution >= 4 is 11.6 Å². The van der Waals surface area contributed by atoms with Gasteiger partial charge in [0.2, 0.25) is 0 Å². The summed E-state index contributed by atoms with van der Waals surface area (Å²) in [7, 11) is 0. The van der Waals surface area contributed by atoms with E-state index >= 15 is 0 Å². The number of allylic oxidation sites excluding steroid dienone is 1. The number of oxazole rings is 1. The van der Waals surface area contributed by atoms with Crippen molar-refractivity contribution in [2.45, 2.75) is 27.2 Å². The number of amides is 1. The maximum Gasteiger partial charge on any atom is 0.250 e. The fourth-order valence-electron chi connectivity index (χ4n) is 1.84. The van der Waals surface area contributed by atoms with E-state index in [2.05, 4.69) is 10.3 Å². The third-order valence-electron chi connectivity index (χ3n) is 2.92. The van der Waals surface area contributed by atoms with Crippen molar-refractivity contribution in [1.82, 2.24) is 4.98 Å². The van der Waals surface area contributed by atoms with Crippen molar-refractivity contribution in [3.05, 3.63) is 48.0 Å². The van der Waals surface area contributed by atoms with Crippen LogP contribution < -0.4 is 5.32 Å². The van der Waals surface area contributed by atoms with E-state index in [0.717, 1.165) is 29.0 Å². The Kier molecular flexibility index (Phi) is 4.35. The molecule has 0 spiro atoms. The normalized spacial score (nSPS) is 11.4. The number of hydrogen-bond acceptors (Lipinski definition) is 3. The predicted octanol–water partition coefficient (Wildman–Crippen LogP) is 3.94. The highest BCUT2D eigenvalue weighted by molar-refractivity contribution is 6.03. The van der Waals surface area contributed by atoms with Crippen LogP contribution in [0.2, 0.25) is 0 Å². The lowest BCUT2D eigenvalue weighted by molar-refractivity contribution is -0.112. The molecule has 0 bridgehead atoms. The molecule has 0 fully saturated rings. The molecule has 1 aromatic heterocycles. The van der Waals surface area contributed by atoms with Crippen LogP contribution in [0.1, 0.15) is 26.2 Å². The van der Waals surface area contributed by atoms with Crippen LogP contribution in [0.25, 0.3) is 11.3 Å². The van der Waals surface area contributed by atoms with Gasteiger partial charge in [-0.25, -0.2) is 4.98 Å². The summed E-state index contributed by atoms with van der Waals surface area (Å²) in [6.07, 6.45) is 4.45. The van der Waals surface area contributed by atoms with Gasteiger partial charge < -0.3 is 9.73 Å². The summed E-state index contributed by atoms with van der Waals surface area (Å²) in [5, 5.41) is 2.86. The monoisotopic (exact) mass is 270 g/mol. The zero-order valence-electron chi connectivity index (χ0n) is 11.9. The maximum atomic E-state index is 11.9. The number of nitrogens with one attached hydrogen (secondary N) is 1. The summed E-state index contributed by atoms with van der Waals surface area (Å²) in [4.78, 5) is 15.9. The first-order chi connectivity index (χ1) is 9.60. The summed E-state index contributed by atoms with van der Waals surface area (Å²) < 4.78 is 5.45. The highest BCUT2D eigenvalue weighted by atomic mass is 16.4. The number of rotatable bonds is 4. The molecule has 0 radical (unpaired) electrons. The number of aromatic nitrogens is 1. The quantitative estimate of drug-likeness (QED) is 0.856. The Balaban J connectivity index is 2.09. The minimum atomic E-state index is -0.0740. The van der Waals surface area contributed by atoms with Crippen molar-refractivity contribution in [1.29, 1.82) is 0 Å². The average molecular weight is 270 g/mol. The number of anilines is 1. The van der Waals surface area contributed by atoms with Gasteiger partial charge >= 0.3 is 0 Å². The lowest BCUT2D eigenvalue weighted by atomic mass is 10.1. The van der Waals surface area contributed by atoms with Crippen LogP contribution in [-0.2, 0) is 4.79 Å². The van der Waals surface area contributed by atoms with Gasteiger partial charge in [0.15, 0.2) is 11.7 Å². The number of carbonyl (C=O) groups is 1. The van der Waals surface area contributed by atoms with Gasteiger partial charge in [0.05, 0.1) is 6.20 Å². The molecule has 0 saturated carbocycles. The molecule has 4 heteroatoms. The number of aryl methyl sites for hydroxylation is 1.